The predicted octanol–water partition coefficient (Wildman–Crippen LogP) is 2.25. The second-order valence-electron chi connectivity index (χ2n) is 7.36. The molecule has 1 aliphatic rings. The van der Waals surface area contributed by atoms with Crippen LogP contribution < -0.4 is 15.0 Å². The highest BCUT2D eigenvalue weighted by Gasteiger charge is 2.35. The number of ether oxygens (including phenoxy) is 1. The molecule has 0 radical (unpaired) electrons. The van der Waals surface area contributed by atoms with E-state index in [0.29, 0.717) is 22.7 Å². The molecule has 1 unspecified atom stereocenters. The van der Waals surface area contributed by atoms with Crippen LogP contribution >= 0.6 is 0 Å². The van der Waals surface area contributed by atoms with E-state index >= 15 is 0 Å². The van der Waals surface area contributed by atoms with Gasteiger partial charge in [0.15, 0.2) is 0 Å². The maximum atomic E-state index is 12.8. The van der Waals surface area contributed by atoms with Crippen LogP contribution in [-0.4, -0.2) is 52.3 Å². The van der Waals surface area contributed by atoms with Crippen molar-refractivity contribution in [3.8, 4) is 5.75 Å². The molecular formula is C21H25N3O5S. The van der Waals surface area contributed by atoms with Gasteiger partial charge in [-0.3, -0.25) is 9.59 Å². The third kappa shape index (κ3) is 4.31. The smallest absolute Gasteiger partial charge is 0.242 e. The zero-order chi connectivity index (χ0) is 22.1. The van der Waals surface area contributed by atoms with Crippen LogP contribution in [0.15, 0.2) is 47.4 Å². The van der Waals surface area contributed by atoms with Gasteiger partial charge in [0.1, 0.15) is 5.75 Å². The third-order valence-corrected chi connectivity index (χ3v) is 7.03. The van der Waals surface area contributed by atoms with E-state index in [1.54, 1.807) is 55.3 Å². The van der Waals surface area contributed by atoms with E-state index in [-0.39, 0.29) is 29.7 Å². The lowest BCUT2D eigenvalue weighted by Gasteiger charge is -2.18. The predicted molar refractivity (Wildman–Crippen MR) is 114 cm³/mol. The van der Waals surface area contributed by atoms with E-state index in [4.69, 9.17) is 4.74 Å². The van der Waals surface area contributed by atoms with Gasteiger partial charge in [-0.25, -0.2) is 12.7 Å². The first-order valence-electron chi connectivity index (χ1n) is 9.42. The Balaban J connectivity index is 1.76. The molecule has 0 saturated carbocycles. The summed E-state index contributed by atoms with van der Waals surface area (Å²) in [4.78, 5) is 26.9. The zero-order valence-corrected chi connectivity index (χ0v) is 18.2. The van der Waals surface area contributed by atoms with Gasteiger partial charge in [-0.1, -0.05) is 12.1 Å². The number of aryl methyl sites for hydroxylation is 1. The maximum Gasteiger partial charge on any atom is 0.242 e. The van der Waals surface area contributed by atoms with Crippen molar-refractivity contribution in [1.29, 1.82) is 0 Å². The fourth-order valence-electron chi connectivity index (χ4n) is 3.31. The number of hydrogen-bond acceptors (Lipinski definition) is 5. The molecule has 0 aliphatic carbocycles. The summed E-state index contributed by atoms with van der Waals surface area (Å²) in [7, 11) is 0.823. The summed E-state index contributed by atoms with van der Waals surface area (Å²) >= 11 is 0. The van der Waals surface area contributed by atoms with Crippen LogP contribution in [0.2, 0.25) is 0 Å². The van der Waals surface area contributed by atoms with Crippen molar-refractivity contribution in [2.24, 2.45) is 5.92 Å². The monoisotopic (exact) mass is 431 g/mol. The van der Waals surface area contributed by atoms with Crippen LogP contribution in [-0.2, 0) is 19.6 Å². The number of anilines is 2. The summed E-state index contributed by atoms with van der Waals surface area (Å²) in [6, 6.07) is 11.8. The van der Waals surface area contributed by atoms with Crippen molar-refractivity contribution in [2.75, 3.05) is 38.0 Å². The van der Waals surface area contributed by atoms with Gasteiger partial charge in [0.25, 0.3) is 0 Å². The topological polar surface area (TPSA) is 96.0 Å². The Morgan fingerprint density at radius 1 is 1.20 bits per heavy atom. The Morgan fingerprint density at radius 3 is 2.60 bits per heavy atom. The maximum absolute atomic E-state index is 12.8. The summed E-state index contributed by atoms with van der Waals surface area (Å²) < 4.78 is 31.3. The standard InChI is InChI=1S/C21H25N3O5S/c1-14-8-9-16(11-19(14)30(27,28)23(2)3)22-21(26)15-10-20(25)24(13-15)17-6-5-7-18(12-17)29-4/h5-9,11-12,15H,10,13H2,1-4H3,(H,22,26). The van der Waals surface area contributed by atoms with Crippen LogP contribution in [0.1, 0.15) is 12.0 Å². The van der Waals surface area contributed by atoms with Crippen molar-refractivity contribution in [1.82, 2.24) is 4.31 Å². The second-order valence-corrected chi connectivity index (χ2v) is 9.48. The van der Waals surface area contributed by atoms with Crippen molar-refractivity contribution in [3.63, 3.8) is 0 Å². The first kappa shape index (κ1) is 21.8. The van der Waals surface area contributed by atoms with Crippen molar-refractivity contribution < 1.29 is 22.7 Å². The van der Waals surface area contributed by atoms with Crippen LogP contribution in [0.4, 0.5) is 11.4 Å². The van der Waals surface area contributed by atoms with Crippen LogP contribution in [0.3, 0.4) is 0 Å². The minimum absolute atomic E-state index is 0.0811. The van der Waals surface area contributed by atoms with Crippen LogP contribution in [0.5, 0.6) is 5.75 Å². The molecule has 1 atom stereocenters. The molecule has 0 aromatic heterocycles. The van der Waals surface area contributed by atoms with Gasteiger partial charge in [-0.2, -0.15) is 0 Å². The van der Waals surface area contributed by atoms with E-state index in [1.807, 2.05) is 0 Å². The fraction of sp³-hybridized carbons (Fsp3) is 0.333. The Hall–Kier alpha value is -2.91. The third-order valence-electron chi connectivity index (χ3n) is 5.08. The number of carbonyl (C=O) groups excluding carboxylic acids is 2. The number of rotatable bonds is 6. The Bertz CT molecular complexity index is 1080. The summed E-state index contributed by atoms with van der Waals surface area (Å²) in [5.74, 6) is -0.393. The second kappa shape index (κ2) is 8.45. The summed E-state index contributed by atoms with van der Waals surface area (Å²) in [5.41, 5.74) is 1.63. The summed E-state index contributed by atoms with van der Waals surface area (Å²) in [6.07, 6.45) is 0.0811. The SMILES string of the molecule is COc1cccc(N2CC(C(=O)Nc3ccc(C)c(S(=O)(=O)N(C)C)c3)CC2=O)c1. The molecule has 2 amide bonds. The van der Waals surface area contributed by atoms with Crippen LogP contribution in [0, 0.1) is 12.8 Å². The van der Waals surface area contributed by atoms with E-state index < -0.39 is 15.9 Å². The fourth-order valence-corrected chi connectivity index (χ4v) is 4.45. The van der Waals surface area contributed by atoms with Crippen molar-refractivity contribution in [3.05, 3.63) is 48.0 Å². The molecule has 8 nitrogen and oxygen atoms in total. The van der Waals surface area contributed by atoms with E-state index in [1.165, 1.54) is 20.2 Å². The summed E-state index contributed by atoms with van der Waals surface area (Å²) in [6.45, 7) is 1.94. The first-order chi connectivity index (χ1) is 14.1. The molecule has 1 saturated heterocycles. The molecule has 2 aromatic rings. The number of sulfonamides is 1. The highest BCUT2D eigenvalue weighted by atomic mass is 32.2. The first-order valence-corrected chi connectivity index (χ1v) is 10.9. The van der Waals surface area contributed by atoms with Gasteiger partial charge in [-0.15, -0.1) is 0 Å². The largest absolute Gasteiger partial charge is 0.497 e. The molecule has 3 rings (SSSR count). The molecule has 1 fully saturated rings. The minimum atomic E-state index is -3.64. The zero-order valence-electron chi connectivity index (χ0n) is 17.4. The van der Waals surface area contributed by atoms with E-state index in [9.17, 15) is 18.0 Å². The van der Waals surface area contributed by atoms with Crippen LogP contribution in [0.25, 0.3) is 0 Å². The number of nitrogens with zero attached hydrogens (tertiary/aromatic N) is 2. The molecule has 160 valence electrons. The lowest BCUT2D eigenvalue weighted by atomic mass is 10.1. The van der Waals surface area contributed by atoms with Crippen molar-refractivity contribution >= 4 is 33.2 Å². The number of amides is 2. The van der Waals surface area contributed by atoms with E-state index in [2.05, 4.69) is 5.32 Å². The Labute approximate surface area is 176 Å². The highest BCUT2D eigenvalue weighted by molar-refractivity contribution is 7.89. The Morgan fingerprint density at radius 2 is 1.93 bits per heavy atom. The molecule has 30 heavy (non-hydrogen) atoms. The van der Waals surface area contributed by atoms with Gasteiger partial charge in [-0.05, 0) is 36.8 Å². The minimum Gasteiger partial charge on any atom is -0.497 e. The average molecular weight is 432 g/mol. The molecule has 9 heteroatoms. The van der Waals surface area contributed by atoms with Gasteiger partial charge < -0.3 is 15.0 Å². The molecule has 0 bridgehead atoms. The lowest BCUT2D eigenvalue weighted by Crippen LogP contribution is -2.28. The average Bonchev–Trinajstić information content (AvgIpc) is 3.11. The number of hydrogen-bond donors (Lipinski definition) is 1. The number of benzene rings is 2. The highest BCUT2D eigenvalue weighted by Crippen LogP contribution is 2.29. The molecule has 1 heterocycles. The Kier molecular flexibility index (Phi) is 6.14. The summed E-state index contributed by atoms with van der Waals surface area (Å²) in [5, 5.41) is 2.75. The number of methoxy groups -OCH3 is 1. The van der Waals surface area contributed by atoms with Crippen molar-refractivity contribution in [2.45, 2.75) is 18.2 Å². The van der Waals surface area contributed by atoms with Gasteiger partial charge in [0.2, 0.25) is 21.8 Å². The van der Waals surface area contributed by atoms with Gasteiger partial charge >= 0.3 is 0 Å². The molecule has 1 aliphatic heterocycles. The number of carbonyl (C=O) groups is 2. The van der Waals surface area contributed by atoms with E-state index in [0.717, 1.165) is 4.31 Å². The molecule has 1 N–H and O–H groups in total. The van der Waals surface area contributed by atoms with Gasteiger partial charge in [0, 0.05) is 44.5 Å². The number of nitrogens with one attached hydrogen (secondary N) is 1. The lowest BCUT2D eigenvalue weighted by molar-refractivity contribution is -0.122. The normalized spacial score (nSPS) is 16.8. The quantitative estimate of drug-likeness (QED) is 0.757. The molecular weight excluding hydrogens is 406 g/mol. The van der Waals surface area contributed by atoms with Gasteiger partial charge in [0.05, 0.1) is 17.9 Å². The molecule has 2 aromatic carbocycles. The molecule has 0 spiro atoms.